The third-order valence-electron chi connectivity index (χ3n) is 5.18. The highest BCUT2D eigenvalue weighted by Crippen LogP contribution is 2.32. The molecule has 6 heteroatoms. The van der Waals surface area contributed by atoms with Gasteiger partial charge in [-0.05, 0) is 17.7 Å². The molecule has 2 heterocycles. The molecule has 1 saturated heterocycles. The number of rotatable bonds is 4. The van der Waals surface area contributed by atoms with Gasteiger partial charge < -0.3 is 15.0 Å². The van der Waals surface area contributed by atoms with Crippen LogP contribution in [0.4, 0.5) is 0 Å². The number of likely N-dealkylation sites (tertiary alicyclic amines) is 1. The van der Waals surface area contributed by atoms with Crippen LogP contribution >= 0.6 is 11.6 Å². The van der Waals surface area contributed by atoms with Crippen LogP contribution < -0.4 is 10.1 Å². The molecule has 2 aliphatic rings. The van der Waals surface area contributed by atoms with Crippen molar-refractivity contribution in [1.82, 2.24) is 10.2 Å². The summed E-state index contributed by atoms with van der Waals surface area (Å²) in [5.41, 5.74) is 1.89. The molecule has 2 aromatic rings. The Balaban J connectivity index is 1.41. The quantitative estimate of drug-likeness (QED) is 0.879. The van der Waals surface area contributed by atoms with Gasteiger partial charge in [0.15, 0.2) is 0 Å². The fraction of sp³-hybridized carbons (Fsp3) is 0.333. The number of fused-ring (bicyclic) bond motifs is 1. The molecular weight excluding hydrogens is 364 g/mol. The van der Waals surface area contributed by atoms with Crippen molar-refractivity contribution in [2.45, 2.75) is 25.4 Å². The number of hydrogen-bond acceptors (Lipinski definition) is 3. The van der Waals surface area contributed by atoms with Gasteiger partial charge in [-0.1, -0.05) is 48.0 Å². The molecule has 27 heavy (non-hydrogen) atoms. The van der Waals surface area contributed by atoms with E-state index in [4.69, 9.17) is 16.3 Å². The van der Waals surface area contributed by atoms with E-state index in [1.54, 1.807) is 4.90 Å². The minimum atomic E-state index is -0.338. The van der Waals surface area contributed by atoms with Crippen LogP contribution in [0, 0.1) is 5.92 Å². The number of benzene rings is 2. The molecule has 2 aliphatic heterocycles. The predicted octanol–water partition coefficient (Wildman–Crippen LogP) is 3.33. The fourth-order valence-electron chi connectivity index (χ4n) is 3.71. The summed E-state index contributed by atoms with van der Waals surface area (Å²) in [5, 5.41) is 3.75. The third-order valence-corrected chi connectivity index (χ3v) is 5.55. The Morgan fingerprint density at radius 3 is 2.81 bits per heavy atom. The van der Waals surface area contributed by atoms with Crippen molar-refractivity contribution < 1.29 is 14.3 Å². The van der Waals surface area contributed by atoms with Crippen LogP contribution in [-0.4, -0.2) is 29.9 Å². The first-order valence-corrected chi connectivity index (χ1v) is 9.53. The normalized spacial score (nSPS) is 21.5. The average molecular weight is 385 g/mol. The van der Waals surface area contributed by atoms with Crippen molar-refractivity contribution in [1.29, 1.82) is 0 Å². The van der Waals surface area contributed by atoms with Gasteiger partial charge in [-0.15, -0.1) is 0 Å². The van der Waals surface area contributed by atoms with Gasteiger partial charge in [0.1, 0.15) is 5.75 Å². The highest BCUT2D eigenvalue weighted by molar-refractivity contribution is 6.31. The summed E-state index contributed by atoms with van der Waals surface area (Å²) in [6, 6.07) is 15.2. The van der Waals surface area contributed by atoms with Crippen LogP contribution in [0.1, 0.15) is 30.0 Å². The number of hydrogen-bond donors (Lipinski definition) is 1. The molecule has 0 aliphatic carbocycles. The van der Waals surface area contributed by atoms with E-state index in [1.807, 2.05) is 48.5 Å². The molecule has 0 spiro atoms. The van der Waals surface area contributed by atoms with Gasteiger partial charge in [0, 0.05) is 36.5 Å². The first kappa shape index (κ1) is 17.9. The molecule has 2 atom stereocenters. The van der Waals surface area contributed by atoms with Crippen molar-refractivity contribution in [3.05, 3.63) is 64.7 Å². The number of nitrogens with zero attached hydrogens (tertiary/aromatic N) is 1. The van der Waals surface area contributed by atoms with Crippen molar-refractivity contribution in [2.75, 3.05) is 13.2 Å². The van der Waals surface area contributed by atoms with E-state index in [9.17, 15) is 9.59 Å². The monoisotopic (exact) mass is 384 g/mol. The minimum absolute atomic E-state index is 0.0116. The number of carbonyl (C=O) groups is 2. The van der Waals surface area contributed by atoms with Gasteiger partial charge in [-0.25, -0.2) is 0 Å². The topological polar surface area (TPSA) is 58.6 Å². The number of carbonyl (C=O) groups excluding carboxylic acids is 2. The summed E-state index contributed by atoms with van der Waals surface area (Å²) in [7, 11) is 0. The Kier molecular flexibility index (Phi) is 5.03. The molecule has 5 nitrogen and oxygen atoms in total. The smallest absolute Gasteiger partial charge is 0.225 e. The number of halogens is 1. The summed E-state index contributed by atoms with van der Waals surface area (Å²) in [6.07, 6.45) is 0.966. The summed E-state index contributed by atoms with van der Waals surface area (Å²) >= 11 is 6.20. The van der Waals surface area contributed by atoms with Gasteiger partial charge in [0.25, 0.3) is 0 Å². The van der Waals surface area contributed by atoms with E-state index in [0.29, 0.717) is 24.7 Å². The van der Waals surface area contributed by atoms with Crippen molar-refractivity contribution in [3.63, 3.8) is 0 Å². The maximum absolute atomic E-state index is 12.8. The zero-order chi connectivity index (χ0) is 18.8. The number of para-hydroxylation sites is 1. The van der Waals surface area contributed by atoms with Crippen LogP contribution in [0.5, 0.6) is 5.75 Å². The van der Waals surface area contributed by atoms with Crippen LogP contribution in [-0.2, 0) is 16.1 Å². The third kappa shape index (κ3) is 3.78. The summed E-state index contributed by atoms with van der Waals surface area (Å²) in [5.74, 6) is 0.390. The van der Waals surface area contributed by atoms with E-state index in [2.05, 4.69) is 5.32 Å². The molecule has 4 rings (SSSR count). The molecule has 1 N–H and O–H groups in total. The second kappa shape index (κ2) is 7.61. The van der Waals surface area contributed by atoms with Crippen molar-refractivity contribution in [2.24, 2.45) is 5.92 Å². The largest absolute Gasteiger partial charge is 0.493 e. The lowest BCUT2D eigenvalue weighted by Gasteiger charge is -2.27. The van der Waals surface area contributed by atoms with E-state index in [1.165, 1.54) is 0 Å². The second-order valence-corrected chi connectivity index (χ2v) is 7.41. The molecule has 2 aromatic carbocycles. The van der Waals surface area contributed by atoms with Gasteiger partial charge in [0.2, 0.25) is 11.8 Å². The zero-order valence-electron chi connectivity index (χ0n) is 14.9. The lowest BCUT2D eigenvalue weighted by atomic mass is 9.99. The standard InChI is InChI=1S/C21H21ClN2O3/c22-17-7-3-1-5-14(17)12-24-13-15(11-20(24)25)21(26)23-18-9-10-27-19-8-4-2-6-16(18)19/h1-8,15,18H,9-13H2,(H,23,26)/t15-,18+/m0/s1. The molecule has 0 aromatic heterocycles. The van der Waals surface area contributed by atoms with E-state index in [0.717, 1.165) is 23.3 Å². The Bertz CT molecular complexity index is 870. The second-order valence-electron chi connectivity index (χ2n) is 7.00. The summed E-state index contributed by atoms with van der Waals surface area (Å²) < 4.78 is 5.65. The Morgan fingerprint density at radius 2 is 1.96 bits per heavy atom. The van der Waals surface area contributed by atoms with Crippen LogP contribution in [0.2, 0.25) is 5.02 Å². The highest BCUT2D eigenvalue weighted by Gasteiger charge is 2.36. The first-order chi connectivity index (χ1) is 13.1. The Hall–Kier alpha value is -2.53. The first-order valence-electron chi connectivity index (χ1n) is 9.15. The van der Waals surface area contributed by atoms with E-state index in [-0.39, 0.29) is 30.2 Å². The van der Waals surface area contributed by atoms with Crippen LogP contribution in [0.25, 0.3) is 0 Å². The minimum Gasteiger partial charge on any atom is -0.493 e. The number of ether oxygens (including phenoxy) is 1. The van der Waals surface area contributed by atoms with Gasteiger partial charge in [0.05, 0.1) is 18.6 Å². The molecule has 1 fully saturated rings. The van der Waals surface area contributed by atoms with Crippen molar-refractivity contribution in [3.8, 4) is 5.75 Å². The van der Waals surface area contributed by atoms with Crippen LogP contribution in [0.15, 0.2) is 48.5 Å². The lowest BCUT2D eigenvalue weighted by molar-refractivity contribution is -0.129. The van der Waals surface area contributed by atoms with Gasteiger partial charge in [-0.2, -0.15) is 0 Å². The van der Waals surface area contributed by atoms with Crippen LogP contribution in [0.3, 0.4) is 0 Å². The van der Waals surface area contributed by atoms with E-state index >= 15 is 0 Å². The molecule has 0 radical (unpaired) electrons. The molecule has 0 bridgehead atoms. The molecule has 2 amide bonds. The molecule has 140 valence electrons. The number of amides is 2. The fourth-order valence-corrected chi connectivity index (χ4v) is 3.91. The molecule has 0 saturated carbocycles. The average Bonchev–Trinajstić information content (AvgIpc) is 3.05. The lowest BCUT2D eigenvalue weighted by Crippen LogP contribution is -2.37. The summed E-state index contributed by atoms with van der Waals surface area (Å²) in [4.78, 5) is 26.9. The summed E-state index contributed by atoms with van der Waals surface area (Å²) in [6.45, 7) is 1.42. The Labute approximate surface area is 163 Å². The van der Waals surface area contributed by atoms with Gasteiger partial charge in [-0.3, -0.25) is 9.59 Å². The maximum Gasteiger partial charge on any atom is 0.225 e. The highest BCUT2D eigenvalue weighted by atomic mass is 35.5. The maximum atomic E-state index is 12.8. The molecular formula is C21H21ClN2O3. The predicted molar refractivity (Wildman–Crippen MR) is 102 cm³/mol. The number of nitrogens with one attached hydrogen (secondary N) is 1. The van der Waals surface area contributed by atoms with E-state index < -0.39 is 0 Å². The van der Waals surface area contributed by atoms with Gasteiger partial charge >= 0.3 is 0 Å². The van der Waals surface area contributed by atoms with Crippen molar-refractivity contribution >= 4 is 23.4 Å². The Morgan fingerprint density at radius 1 is 1.19 bits per heavy atom. The SMILES string of the molecule is O=C(N[C@@H]1CCOc2ccccc21)[C@H]1CC(=O)N(Cc2ccccc2Cl)C1. The molecule has 0 unspecified atom stereocenters. The zero-order valence-corrected chi connectivity index (χ0v) is 15.6.